The van der Waals surface area contributed by atoms with Crippen LogP contribution in [-0.4, -0.2) is 39.9 Å². The third-order valence-corrected chi connectivity index (χ3v) is 4.82. The standard InChI is InChI=1S/C22H24N4O3/c1-4-16-9-5-7-11-18(16)24-20(27)13-25(3)21(28)14-26-15(2)23-19-12-8-6-10-17(19)22(26)29/h5-12H,4,13-14H2,1-3H3,(H,24,27). The number of para-hydroxylation sites is 2. The van der Waals surface area contributed by atoms with E-state index in [1.807, 2.05) is 37.3 Å². The molecule has 0 radical (unpaired) electrons. The smallest absolute Gasteiger partial charge is 0.261 e. The molecular weight excluding hydrogens is 368 g/mol. The van der Waals surface area contributed by atoms with Crippen LogP contribution in [0, 0.1) is 6.92 Å². The molecule has 3 rings (SSSR count). The highest BCUT2D eigenvalue weighted by Gasteiger charge is 2.17. The molecule has 7 heteroatoms. The summed E-state index contributed by atoms with van der Waals surface area (Å²) in [5, 5.41) is 3.30. The maximum absolute atomic E-state index is 12.7. The predicted molar refractivity (Wildman–Crippen MR) is 113 cm³/mol. The molecule has 0 unspecified atom stereocenters. The van der Waals surface area contributed by atoms with Gasteiger partial charge in [0.05, 0.1) is 17.4 Å². The number of aromatic nitrogens is 2. The largest absolute Gasteiger partial charge is 0.335 e. The van der Waals surface area contributed by atoms with Gasteiger partial charge in [0.25, 0.3) is 5.56 Å². The van der Waals surface area contributed by atoms with Gasteiger partial charge < -0.3 is 10.2 Å². The van der Waals surface area contributed by atoms with Gasteiger partial charge in [0.2, 0.25) is 11.8 Å². The number of fused-ring (bicyclic) bond motifs is 1. The second-order valence-corrected chi connectivity index (χ2v) is 6.88. The molecule has 0 bridgehead atoms. The molecule has 0 aliphatic carbocycles. The number of carbonyl (C=O) groups excluding carboxylic acids is 2. The quantitative estimate of drug-likeness (QED) is 0.698. The Morgan fingerprint density at radius 1 is 1.10 bits per heavy atom. The van der Waals surface area contributed by atoms with Crippen LogP contribution in [0.2, 0.25) is 0 Å². The van der Waals surface area contributed by atoms with Gasteiger partial charge in [-0.05, 0) is 37.1 Å². The Labute approximate surface area is 169 Å². The first-order chi connectivity index (χ1) is 13.9. The number of nitrogens with zero attached hydrogens (tertiary/aromatic N) is 3. The molecule has 1 aromatic heterocycles. The van der Waals surface area contributed by atoms with Crippen molar-refractivity contribution in [2.75, 3.05) is 18.9 Å². The lowest BCUT2D eigenvalue weighted by Crippen LogP contribution is -2.39. The highest BCUT2D eigenvalue weighted by atomic mass is 16.2. The van der Waals surface area contributed by atoms with Crippen LogP contribution in [0.4, 0.5) is 5.69 Å². The van der Waals surface area contributed by atoms with Gasteiger partial charge in [-0.2, -0.15) is 0 Å². The summed E-state index contributed by atoms with van der Waals surface area (Å²) in [6.07, 6.45) is 0.794. The fourth-order valence-electron chi connectivity index (χ4n) is 3.17. The van der Waals surface area contributed by atoms with Crippen molar-refractivity contribution >= 4 is 28.4 Å². The Morgan fingerprint density at radius 3 is 2.55 bits per heavy atom. The molecular formula is C22H24N4O3. The van der Waals surface area contributed by atoms with E-state index >= 15 is 0 Å². The molecule has 1 heterocycles. The number of rotatable bonds is 6. The average Bonchev–Trinajstić information content (AvgIpc) is 2.71. The van der Waals surface area contributed by atoms with Crippen LogP contribution in [0.25, 0.3) is 10.9 Å². The Hall–Kier alpha value is -3.48. The van der Waals surface area contributed by atoms with E-state index in [-0.39, 0.29) is 30.5 Å². The van der Waals surface area contributed by atoms with Crippen molar-refractivity contribution in [3.05, 3.63) is 70.3 Å². The number of likely N-dealkylation sites (N-methyl/N-ethyl adjacent to an activating group) is 1. The fraction of sp³-hybridized carbons (Fsp3) is 0.273. The Kier molecular flexibility index (Phi) is 6.07. The number of anilines is 1. The first-order valence-corrected chi connectivity index (χ1v) is 9.48. The number of amides is 2. The summed E-state index contributed by atoms with van der Waals surface area (Å²) in [6, 6.07) is 14.6. The summed E-state index contributed by atoms with van der Waals surface area (Å²) >= 11 is 0. The molecule has 0 saturated carbocycles. The van der Waals surface area contributed by atoms with Crippen LogP contribution in [0.15, 0.2) is 53.3 Å². The lowest BCUT2D eigenvalue weighted by molar-refractivity contribution is -0.133. The molecule has 1 N–H and O–H groups in total. The van der Waals surface area contributed by atoms with E-state index in [1.54, 1.807) is 32.2 Å². The molecule has 7 nitrogen and oxygen atoms in total. The molecule has 3 aromatic rings. The minimum atomic E-state index is -0.341. The van der Waals surface area contributed by atoms with Gasteiger partial charge in [0.1, 0.15) is 12.4 Å². The maximum atomic E-state index is 12.7. The molecule has 2 amide bonds. The summed E-state index contributed by atoms with van der Waals surface area (Å²) in [5.41, 5.74) is 2.10. The molecule has 150 valence electrons. The van der Waals surface area contributed by atoms with Crippen LogP contribution in [-0.2, 0) is 22.6 Å². The third-order valence-electron chi connectivity index (χ3n) is 4.82. The van der Waals surface area contributed by atoms with Gasteiger partial charge >= 0.3 is 0 Å². The van der Waals surface area contributed by atoms with Gasteiger partial charge in [-0.1, -0.05) is 37.3 Å². The van der Waals surface area contributed by atoms with Crippen molar-refractivity contribution in [2.45, 2.75) is 26.8 Å². The molecule has 0 saturated heterocycles. The third kappa shape index (κ3) is 4.51. The summed E-state index contributed by atoms with van der Waals surface area (Å²) in [4.78, 5) is 43.4. The number of aryl methyl sites for hydroxylation is 2. The lowest BCUT2D eigenvalue weighted by atomic mass is 10.1. The van der Waals surface area contributed by atoms with Gasteiger partial charge in [-0.15, -0.1) is 0 Å². The van der Waals surface area contributed by atoms with Gasteiger partial charge in [0.15, 0.2) is 0 Å². The fourth-order valence-corrected chi connectivity index (χ4v) is 3.17. The number of nitrogens with one attached hydrogen (secondary N) is 1. The van der Waals surface area contributed by atoms with Gasteiger partial charge in [-0.25, -0.2) is 4.98 Å². The highest BCUT2D eigenvalue weighted by molar-refractivity contribution is 5.95. The monoisotopic (exact) mass is 392 g/mol. The maximum Gasteiger partial charge on any atom is 0.261 e. The van der Waals surface area contributed by atoms with Crippen LogP contribution in [0.5, 0.6) is 0 Å². The molecule has 0 spiro atoms. The van der Waals surface area contributed by atoms with E-state index in [0.29, 0.717) is 16.7 Å². The minimum absolute atomic E-state index is 0.105. The second-order valence-electron chi connectivity index (χ2n) is 6.88. The highest BCUT2D eigenvalue weighted by Crippen LogP contribution is 2.15. The molecule has 0 aliphatic heterocycles. The summed E-state index contributed by atoms with van der Waals surface area (Å²) in [7, 11) is 1.54. The predicted octanol–water partition coefficient (Wildman–Crippen LogP) is 2.36. The topological polar surface area (TPSA) is 84.3 Å². The molecule has 0 atom stereocenters. The molecule has 29 heavy (non-hydrogen) atoms. The van der Waals surface area contributed by atoms with E-state index in [4.69, 9.17) is 0 Å². The second kappa shape index (κ2) is 8.68. The molecule has 0 fully saturated rings. The summed E-state index contributed by atoms with van der Waals surface area (Å²) in [5.74, 6) is -0.176. The van der Waals surface area contributed by atoms with Gasteiger partial charge in [0, 0.05) is 12.7 Å². The Morgan fingerprint density at radius 2 is 1.79 bits per heavy atom. The van der Waals surface area contributed by atoms with E-state index in [2.05, 4.69) is 10.3 Å². The zero-order chi connectivity index (χ0) is 21.0. The normalized spacial score (nSPS) is 10.7. The van der Waals surface area contributed by atoms with Crippen molar-refractivity contribution in [1.82, 2.24) is 14.5 Å². The Bertz CT molecular complexity index is 1120. The van der Waals surface area contributed by atoms with Crippen molar-refractivity contribution in [3.8, 4) is 0 Å². The molecule has 2 aromatic carbocycles. The van der Waals surface area contributed by atoms with E-state index < -0.39 is 0 Å². The van der Waals surface area contributed by atoms with Crippen LogP contribution >= 0.6 is 0 Å². The van der Waals surface area contributed by atoms with Crippen LogP contribution in [0.1, 0.15) is 18.3 Å². The number of hydrogen-bond acceptors (Lipinski definition) is 4. The zero-order valence-electron chi connectivity index (χ0n) is 16.8. The van der Waals surface area contributed by atoms with E-state index in [9.17, 15) is 14.4 Å². The number of benzene rings is 2. The van der Waals surface area contributed by atoms with Gasteiger partial charge in [-0.3, -0.25) is 19.0 Å². The van der Waals surface area contributed by atoms with Crippen molar-refractivity contribution in [3.63, 3.8) is 0 Å². The first-order valence-electron chi connectivity index (χ1n) is 9.48. The van der Waals surface area contributed by atoms with E-state index in [0.717, 1.165) is 17.7 Å². The number of hydrogen-bond donors (Lipinski definition) is 1. The minimum Gasteiger partial charge on any atom is -0.335 e. The van der Waals surface area contributed by atoms with Crippen molar-refractivity contribution in [2.24, 2.45) is 0 Å². The van der Waals surface area contributed by atoms with E-state index in [1.165, 1.54) is 9.47 Å². The summed E-state index contributed by atoms with van der Waals surface area (Å²) in [6.45, 7) is 3.43. The average molecular weight is 392 g/mol. The van der Waals surface area contributed by atoms with Crippen molar-refractivity contribution in [1.29, 1.82) is 0 Å². The van der Waals surface area contributed by atoms with Crippen LogP contribution in [0.3, 0.4) is 0 Å². The zero-order valence-corrected chi connectivity index (χ0v) is 16.8. The molecule has 0 aliphatic rings. The SMILES string of the molecule is CCc1ccccc1NC(=O)CN(C)C(=O)Cn1c(C)nc2ccccc2c1=O. The first kappa shape index (κ1) is 20.3. The van der Waals surface area contributed by atoms with Crippen LogP contribution < -0.4 is 10.9 Å². The Balaban J connectivity index is 1.70. The van der Waals surface area contributed by atoms with Crippen molar-refractivity contribution < 1.29 is 9.59 Å². The summed E-state index contributed by atoms with van der Waals surface area (Å²) < 4.78 is 1.34. The number of carbonyl (C=O) groups is 2. The lowest BCUT2D eigenvalue weighted by Gasteiger charge is -2.19.